The highest BCUT2D eigenvalue weighted by atomic mass is 16.4. The first kappa shape index (κ1) is 12.5. The monoisotopic (exact) mass is 228 g/mol. The summed E-state index contributed by atoms with van der Waals surface area (Å²) >= 11 is 0. The van der Waals surface area contributed by atoms with Crippen molar-refractivity contribution >= 4 is 17.8 Å². The normalized spacial score (nSPS) is 21.3. The van der Waals surface area contributed by atoms with Crippen LogP contribution in [0.4, 0.5) is 0 Å². The number of carboxylic acid groups (broad SMARTS) is 1. The molecule has 0 bridgehead atoms. The molecule has 1 fully saturated rings. The SMILES string of the molecule is CCC[C@H](NC(=O)[C@H]1CCC(=O)N1)C(=O)O. The predicted octanol–water partition coefficient (Wildman–Crippen LogP) is -0.365. The van der Waals surface area contributed by atoms with Gasteiger partial charge in [-0.3, -0.25) is 9.59 Å². The predicted molar refractivity (Wildman–Crippen MR) is 55.6 cm³/mol. The minimum Gasteiger partial charge on any atom is -0.480 e. The molecule has 1 rings (SSSR count). The van der Waals surface area contributed by atoms with Gasteiger partial charge in [-0.2, -0.15) is 0 Å². The lowest BCUT2D eigenvalue weighted by Gasteiger charge is -2.16. The third kappa shape index (κ3) is 3.22. The van der Waals surface area contributed by atoms with Crippen LogP contribution >= 0.6 is 0 Å². The van der Waals surface area contributed by atoms with Crippen LogP contribution in [-0.4, -0.2) is 35.0 Å². The summed E-state index contributed by atoms with van der Waals surface area (Å²) in [6.45, 7) is 1.85. The van der Waals surface area contributed by atoms with Crippen LogP contribution in [0, 0.1) is 0 Å². The molecule has 0 aromatic heterocycles. The Morgan fingerprint density at radius 2 is 2.31 bits per heavy atom. The Labute approximate surface area is 93.4 Å². The van der Waals surface area contributed by atoms with Crippen molar-refractivity contribution in [2.24, 2.45) is 0 Å². The van der Waals surface area contributed by atoms with E-state index in [1.54, 1.807) is 0 Å². The quantitative estimate of drug-likeness (QED) is 0.598. The van der Waals surface area contributed by atoms with Crippen molar-refractivity contribution in [1.82, 2.24) is 10.6 Å². The van der Waals surface area contributed by atoms with E-state index < -0.39 is 24.0 Å². The van der Waals surface area contributed by atoms with Crippen molar-refractivity contribution in [3.8, 4) is 0 Å². The first-order valence-electron chi connectivity index (χ1n) is 5.37. The molecule has 2 amide bonds. The number of carbonyl (C=O) groups excluding carboxylic acids is 2. The molecular weight excluding hydrogens is 212 g/mol. The zero-order valence-electron chi connectivity index (χ0n) is 9.16. The summed E-state index contributed by atoms with van der Waals surface area (Å²) in [4.78, 5) is 33.3. The third-order valence-corrected chi connectivity index (χ3v) is 2.50. The number of carbonyl (C=O) groups is 3. The molecule has 1 aliphatic heterocycles. The van der Waals surface area contributed by atoms with Gasteiger partial charge in [-0.15, -0.1) is 0 Å². The molecule has 1 aliphatic rings. The lowest BCUT2D eigenvalue weighted by Crippen LogP contribution is -2.48. The summed E-state index contributed by atoms with van der Waals surface area (Å²) in [5.41, 5.74) is 0. The maximum atomic E-state index is 11.6. The van der Waals surface area contributed by atoms with E-state index in [2.05, 4.69) is 10.6 Å². The second-order valence-electron chi connectivity index (χ2n) is 3.85. The number of carboxylic acids is 1. The Hall–Kier alpha value is -1.59. The molecule has 3 N–H and O–H groups in total. The fourth-order valence-electron chi connectivity index (χ4n) is 1.63. The Bertz CT molecular complexity index is 303. The lowest BCUT2D eigenvalue weighted by atomic mass is 10.1. The standard InChI is InChI=1S/C10H16N2O4/c1-2-3-7(10(15)16)12-9(14)6-4-5-8(13)11-6/h6-7H,2-5H2,1H3,(H,11,13)(H,12,14)(H,15,16)/t6-,7+/m1/s1. The van der Waals surface area contributed by atoms with Crippen molar-refractivity contribution in [1.29, 1.82) is 0 Å². The first-order chi connectivity index (χ1) is 7.54. The fraction of sp³-hybridized carbons (Fsp3) is 0.700. The van der Waals surface area contributed by atoms with E-state index in [1.165, 1.54) is 0 Å². The van der Waals surface area contributed by atoms with Crippen LogP contribution in [0.1, 0.15) is 32.6 Å². The Balaban J connectivity index is 2.48. The number of hydrogen-bond acceptors (Lipinski definition) is 3. The van der Waals surface area contributed by atoms with Gasteiger partial charge in [0, 0.05) is 6.42 Å². The largest absolute Gasteiger partial charge is 0.480 e. The molecule has 0 aromatic carbocycles. The topological polar surface area (TPSA) is 95.5 Å². The van der Waals surface area contributed by atoms with Crippen molar-refractivity contribution in [2.75, 3.05) is 0 Å². The summed E-state index contributed by atoms with van der Waals surface area (Å²) in [5, 5.41) is 13.8. The Kier molecular flexibility index (Phi) is 4.28. The lowest BCUT2D eigenvalue weighted by molar-refractivity contribution is -0.142. The molecule has 0 aliphatic carbocycles. The summed E-state index contributed by atoms with van der Waals surface area (Å²) in [6.07, 6.45) is 1.82. The second kappa shape index (κ2) is 5.48. The van der Waals surface area contributed by atoms with E-state index in [9.17, 15) is 14.4 Å². The molecule has 16 heavy (non-hydrogen) atoms. The molecule has 1 saturated heterocycles. The zero-order chi connectivity index (χ0) is 12.1. The van der Waals surface area contributed by atoms with Crippen molar-refractivity contribution in [3.63, 3.8) is 0 Å². The molecule has 0 unspecified atom stereocenters. The summed E-state index contributed by atoms with van der Waals surface area (Å²) in [6, 6.07) is -1.44. The van der Waals surface area contributed by atoms with Gasteiger partial charge >= 0.3 is 5.97 Å². The smallest absolute Gasteiger partial charge is 0.326 e. The van der Waals surface area contributed by atoms with Crippen LogP contribution in [0.15, 0.2) is 0 Å². The van der Waals surface area contributed by atoms with Gasteiger partial charge in [-0.25, -0.2) is 4.79 Å². The van der Waals surface area contributed by atoms with Gasteiger partial charge in [0.1, 0.15) is 12.1 Å². The van der Waals surface area contributed by atoms with E-state index in [-0.39, 0.29) is 5.91 Å². The average molecular weight is 228 g/mol. The van der Waals surface area contributed by atoms with Gasteiger partial charge in [-0.05, 0) is 12.8 Å². The molecule has 6 nitrogen and oxygen atoms in total. The van der Waals surface area contributed by atoms with E-state index in [0.717, 1.165) is 0 Å². The second-order valence-corrected chi connectivity index (χ2v) is 3.85. The van der Waals surface area contributed by atoms with Crippen LogP contribution in [0.25, 0.3) is 0 Å². The summed E-state index contributed by atoms with van der Waals surface area (Å²) in [7, 11) is 0. The molecular formula is C10H16N2O4. The molecule has 0 spiro atoms. The van der Waals surface area contributed by atoms with Gasteiger partial charge in [0.05, 0.1) is 0 Å². The van der Waals surface area contributed by atoms with Gasteiger partial charge in [-0.1, -0.05) is 13.3 Å². The molecule has 0 radical (unpaired) electrons. The van der Waals surface area contributed by atoms with Crippen LogP contribution in [0.5, 0.6) is 0 Å². The van der Waals surface area contributed by atoms with Crippen LogP contribution in [0.2, 0.25) is 0 Å². The minimum absolute atomic E-state index is 0.164. The highest BCUT2D eigenvalue weighted by Crippen LogP contribution is 2.07. The van der Waals surface area contributed by atoms with E-state index in [1.807, 2.05) is 6.92 Å². The summed E-state index contributed by atoms with van der Waals surface area (Å²) < 4.78 is 0. The third-order valence-electron chi connectivity index (χ3n) is 2.50. The van der Waals surface area contributed by atoms with Crippen LogP contribution in [0.3, 0.4) is 0 Å². The molecule has 2 atom stereocenters. The van der Waals surface area contributed by atoms with Gasteiger partial charge in [0.15, 0.2) is 0 Å². The van der Waals surface area contributed by atoms with Crippen molar-refractivity contribution in [2.45, 2.75) is 44.7 Å². The van der Waals surface area contributed by atoms with Gasteiger partial charge < -0.3 is 15.7 Å². The number of nitrogens with one attached hydrogen (secondary N) is 2. The van der Waals surface area contributed by atoms with Crippen molar-refractivity contribution < 1.29 is 19.5 Å². The van der Waals surface area contributed by atoms with Crippen LogP contribution < -0.4 is 10.6 Å². The van der Waals surface area contributed by atoms with Gasteiger partial charge in [0.25, 0.3) is 0 Å². The highest BCUT2D eigenvalue weighted by molar-refractivity contribution is 5.92. The van der Waals surface area contributed by atoms with Crippen LogP contribution in [-0.2, 0) is 14.4 Å². The number of hydrogen-bond donors (Lipinski definition) is 3. The number of aliphatic carboxylic acids is 1. The molecule has 1 heterocycles. The Morgan fingerprint density at radius 3 is 2.75 bits per heavy atom. The maximum Gasteiger partial charge on any atom is 0.326 e. The number of amides is 2. The average Bonchev–Trinajstić information content (AvgIpc) is 2.64. The molecule has 6 heteroatoms. The molecule has 90 valence electrons. The first-order valence-corrected chi connectivity index (χ1v) is 5.37. The summed E-state index contributed by atoms with van der Waals surface area (Å²) in [5.74, 6) is -1.62. The molecule has 0 aromatic rings. The molecule has 0 saturated carbocycles. The van der Waals surface area contributed by atoms with E-state index in [0.29, 0.717) is 25.7 Å². The van der Waals surface area contributed by atoms with E-state index >= 15 is 0 Å². The Morgan fingerprint density at radius 1 is 1.62 bits per heavy atom. The highest BCUT2D eigenvalue weighted by Gasteiger charge is 2.29. The van der Waals surface area contributed by atoms with Gasteiger partial charge in [0.2, 0.25) is 11.8 Å². The van der Waals surface area contributed by atoms with E-state index in [4.69, 9.17) is 5.11 Å². The number of rotatable bonds is 5. The minimum atomic E-state index is -1.04. The fourth-order valence-corrected chi connectivity index (χ4v) is 1.63. The zero-order valence-corrected chi connectivity index (χ0v) is 9.16. The maximum absolute atomic E-state index is 11.6. The van der Waals surface area contributed by atoms with Crippen molar-refractivity contribution in [3.05, 3.63) is 0 Å².